The van der Waals surface area contributed by atoms with Gasteiger partial charge in [0.15, 0.2) is 11.4 Å². The minimum atomic E-state index is -7.77. The van der Waals surface area contributed by atoms with E-state index in [-0.39, 0.29) is 32.6 Å². The number of nitrogens with zero attached hydrogens (tertiary/aromatic N) is 6. The Morgan fingerprint density at radius 1 is 0.978 bits per heavy atom. The summed E-state index contributed by atoms with van der Waals surface area (Å²) >= 11 is 6.03. The molecule has 0 aliphatic heterocycles. The third-order valence-electron chi connectivity index (χ3n) is 6.50. The third kappa shape index (κ3) is 5.70. The average Bonchev–Trinajstić information content (AvgIpc) is 3.56. The van der Waals surface area contributed by atoms with Crippen LogP contribution in [0.1, 0.15) is 28.8 Å². The van der Waals surface area contributed by atoms with Crippen molar-refractivity contribution in [2.75, 3.05) is 7.05 Å². The first kappa shape index (κ1) is 35.1. The molecule has 1 saturated carbocycles. The second-order valence-electron chi connectivity index (χ2n) is 9.71. The molecule has 0 spiro atoms. The fourth-order valence-electron chi connectivity index (χ4n) is 3.90. The Labute approximate surface area is 253 Å². The van der Waals surface area contributed by atoms with Crippen molar-refractivity contribution in [3.8, 4) is 22.8 Å². The number of carbonyl (C=O) groups is 1. The zero-order chi connectivity index (χ0) is 35.0. The van der Waals surface area contributed by atoms with Crippen LogP contribution in [0, 0.1) is 0 Å². The van der Waals surface area contributed by atoms with Gasteiger partial charge in [0.1, 0.15) is 5.15 Å². The van der Waals surface area contributed by atoms with Gasteiger partial charge in [-0.1, -0.05) is 11.6 Å². The largest absolute Gasteiger partial charge is 0.460 e. The molecule has 4 rings (SSSR count). The highest BCUT2D eigenvalue weighted by Crippen LogP contribution is 2.55. The number of pyridine rings is 1. The van der Waals surface area contributed by atoms with Gasteiger partial charge in [0.25, 0.3) is 11.8 Å². The summed E-state index contributed by atoms with van der Waals surface area (Å²) in [5.74, 6) is -19.8. The second kappa shape index (κ2) is 10.9. The van der Waals surface area contributed by atoms with Crippen molar-refractivity contribution >= 4 is 27.6 Å². The summed E-state index contributed by atoms with van der Waals surface area (Å²) in [6.07, 6.45) is -9.00. The monoisotopic (exact) mass is 722 g/mol. The van der Waals surface area contributed by atoms with Crippen molar-refractivity contribution in [2.45, 2.75) is 48.3 Å². The second-order valence-corrected chi connectivity index (χ2v) is 11.7. The number of aryl methyl sites for hydroxylation is 1. The van der Waals surface area contributed by atoms with Crippen LogP contribution in [0.3, 0.4) is 0 Å². The summed E-state index contributed by atoms with van der Waals surface area (Å²) in [4.78, 5) is 18.0. The molecule has 0 saturated heterocycles. The summed E-state index contributed by atoms with van der Waals surface area (Å²) < 4.78 is 189. The summed E-state index contributed by atoms with van der Waals surface area (Å²) in [7, 11) is -5.64. The first-order chi connectivity index (χ1) is 20.8. The van der Waals surface area contributed by atoms with Crippen LogP contribution in [0.2, 0.25) is 5.15 Å². The van der Waals surface area contributed by atoms with Gasteiger partial charge in [-0.05, 0) is 18.9 Å². The zero-order valence-corrected chi connectivity index (χ0v) is 24.0. The van der Waals surface area contributed by atoms with Crippen LogP contribution >= 0.6 is 11.6 Å². The first-order valence-electron chi connectivity index (χ1n) is 12.0. The lowest BCUT2D eigenvalue weighted by molar-refractivity contribution is -0.382. The molecule has 10 nitrogen and oxygen atoms in total. The van der Waals surface area contributed by atoms with Gasteiger partial charge in [-0.25, -0.2) is 14.3 Å². The third-order valence-corrected chi connectivity index (χ3v) is 8.07. The molecule has 254 valence electrons. The van der Waals surface area contributed by atoms with Gasteiger partial charge in [-0.15, -0.1) is 5.10 Å². The molecular formula is C22H15ClF12N6O4S. The van der Waals surface area contributed by atoms with Crippen LogP contribution < -0.4 is 4.18 Å². The van der Waals surface area contributed by atoms with Crippen LogP contribution in [0.5, 0.6) is 5.88 Å². The van der Waals surface area contributed by atoms with Gasteiger partial charge in [0.05, 0.1) is 11.8 Å². The minimum absolute atomic E-state index is 0.0467. The maximum atomic E-state index is 14.1. The summed E-state index contributed by atoms with van der Waals surface area (Å²) in [5.41, 5.74) is -2.53. The first-order valence-corrected chi connectivity index (χ1v) is 13.8. The van der Waals surface area contributed by atoms with E-state index in [0.29, 0.717) is 11.7 Å². The highest BCUT2D eigenvalue weighted by molar-refractivity contribution is 7.88. The van der Waals surface area contributed by atoms with E-state index in [2.05, 4.69) is 19.4 Å². The van der Waals surface area contributed by atoms with Crippen molar-refractivity contribution < 1.29 is 70.1 Å². The van der Waals surface area contributed by atoms with Gasteiger partial charge >= 0.3 is 39.6 Å². The molecule has 3 heterocycles. The smallest absolute Gasteiger partial charge is 0.355 e. The van der Waals surface area contributed by atoms with E-state index in [4.69, 9.17) is 11.6 Å². The Bertz CT molecular complexity index is 1780. The average molecular weight is 723 g/mol. The molecule has 3 aromatic rings. The Kier molecular flexibility index (Phi) is 8.32. The number of hydrogen-bond donors (Lipinski definition) is 0. The molecule has 46 heavy (non-hydrogen) atoms. The van der Waals surface area contributed by atoms with Crippen molar-refractivity contribution in [2.24, 2.45) is 7.05 Å². The predicted octanol–water partition coefficient (Wildman–Crippen LogP) is 5.71. The van der Waals surface area contributed by atoms with E-state index < -0.39 is 62.7 Å². The van der Waals surface area contributed by atoms with E-state index in [9.17, 15) is 65.9 Å². The zero-order valence-electron chi connectivity index (χ0n) is 22.4. The van der Waals surface area contributed by atoms with Crippen LogP contribution in [-0.2, 0) is 23.3 Å². The van der Waals surface area contributed by atoms with Crippen molar-refractivity contribution in [1.82, 2.24) is 29.4 Å². The van der Waals surface area contributed by atoms with E-state index in [0.717, 1.165) is 31.4 Å². The van der Waals surface area contributed by atoms with Gasteiger partial charge in [-0.3, -0.25) is 4.79 Å². The summed E-state index contributed by atoms with van der Waals surface area (Å²) in [6, 6.07) is 1.17. The molecule has 1 amide bonds. The van der Waals surface area contributed by atoms with Gasteiger partial charge < -0.3 is 9.08 Å². The molecule has 24 heteroatoms. The van der Waals surface area contributed by atoms with Crippen LogP contribution in [0.15, 0.2) is 24.7 Å². The number of aromatic nitrogens is 5. The number of rotatable bonds is 9. The Balaban J connectivity index is 1.76. The van der Waals surface area contributed by atoms with Crippen molar-refractivity contribution in [3.63, 3.8) is 0 Å². The quantitative estimate of drug-likeness (QED) is 0.158. The fourth-order valence-corrected chi connectivity index (χ4v) is 4.95. The Hall–Kier alpha value is -3.76. The Morgan fingerprint density at radius 3 is 2.09 bits per heavy atom. The lowest BCUT2D eigenvalue weighted by Gasteiger charge is -2.32. The maximum absolute atomic E-state index is 14.1. The molecule has 0 N–H and O–H groups in total. The normalized spacial score (nSPS) is 15.3. The summed E-state index contributed by atoms with van der Waals surface area (Å²) in [5, 5.41) is -1.17. The molecule has 1 fully saturated rings. The molecule has 0 atom stereocenters. The SMILES string of the molecule is CN(C(=O)c1cc(-c2cnn(-c3c(C(F)(F)F)c(OS(=O)(=O)C(F)(F)C(F)(F)C(F)(F)C(F)(F)F)nn3C)c2)cnc1Cl)C1CC1. The number of alkyl halides is 12. The predicted molar refractivity (Wildman–Crippen MR) is 129 cm³/mol. The number of halogens is 13. The fraction of sp³-hybridized carbons (Fsp3) is 0.455. The van der Waals surface area contributed by atoms with Crippen LogP contribution in [0.25, 0.3) is 16.9 Å². The molecule has 0 bridgehead atoms. The van der Waals surface area contributed by atoms with Crippen LogP contribution in [0.4, 0.5) is 52.7 Å². The summed E-state index contributed by atoms with van der Waals surface area (Å²) in [6.45, 7) is 0. The van der Waals surface area contributed by atoms with Crippen molar-refractivity contribution in [3.05, 3.63) is 40.9 Å². The molecule has 3 aromatic heterocycles. The highest BCUT2D eigenvalue weighted by atomic mass is 35.5. The lowest BCUT2D eigenvalue weighted by atomic mass is 10.1. The van der Waals surface area contributed by atoms with Gasteiger partial charge in [-0.2, -0.15) is 66.2 Å². The van der Waals surface area contributed by atoms with Gasteiger partial charge in [0, 0.05) is 43.7 Å². The molecular weight excluding hydrogens is 708 g/mol. The molecule has 0 aromatic carbocycles. The maximum Gasteiger partial charge on any atom is 0.460 e. The van der Waals surface area contributed by atoms with E-state index in [1.807, 2.05) is 0 Å². The van der Waals surface area contributed by atoms with Gasteiger partial charge in [0.2, 0.25) is 0 Å². The number of carbonyl (C=O) groups excluding carboxylic acids is 1. The molecule has 0 radical (unpaired) electrons. The minimum Gasteiger partial charge on any atom is -0.355 e. The highest BCUT2D eigenvalue weighted by Gasteiger charge is 2.86. The van der Waals surface area contributed by atoms with E-state index in [1.54, 1.807) is 0 Å². The Morgan fingerprint density at radius 2 is 1.57 bits per heavy atom. The topological polar surface area (TPSA) is 112 Å². The lowest BCUT2D eigenvalue weighted by Crippen LogP contribution is -2.63. The number of hydrogen-bond acceptors (Lipinski definition) is 7. The van der Waals surface area contributed by atoms with E-state index >= 15 is 0 Å². The standard InChI is InChI=1S/C22H15ClF12N6O4S/c1-39(11-3-4-11)17(42)12-5-9(6-36-14(12)23)10-7-37-41(8-10)16-13(18(24,25)26)15(38-40(16)2)45-46(43,44)22(34,35)20(29,30)19(27,28)21(31,32)33/h5-8,11H,3-4H2,1-2H3. The molecule has 1 aliphatic carbocycles. The van der Waals surface area contributed by atoms with Crippen molar-refractivity contribution in [1.29, 1.82) is 0 Å². The van der Waals surface area contributed by atoms with E-state index in [1.165, 1.54) is 18.0 Å². The van der Waals surface area contributed by atoms with Crippen LogP contribution in [-0.4, -0.2) is 80.1 Å². The number of amides is 1. The molecule has 0 unspecified atom stereocenters. The molecule has 1 aliphatic rings.